The van der Waals surface area contributed by atoms with Crippen molar-refractivity contribution in [1.82, 2.24) is 15.1 Å². The minimum atomic E-state index is -0.918. The average molecular weight is 339 g/mol. The number of carboxylic acid groups (broad SMARTS) is 1. The van der Waals surface area contributed by atoms with Gasteiger partial charge >= 0.3 is 5.97 Å². The van der Waals surface area contributed by atoms with E-state index in [1.807, 2.05) is 36.5 Å². The molecule has 3 aromatic rings. The van der Waals surface area contributed by atoms with Crippen molar-refractivity contribution in [2.24, 2.45) is 0 Å². The molecule has 2 aromatic carbocycles. The number of carbonyl (C=O) groups is 1. The molecule has 0 amide bonds. The van der Waals surface area contributed by atoms with E-state index in [2.05, 4.69) is 10.4 Å². The summed E-state index contributed by atoms with van der Waals surface area (Å²) < 4.78 is 14.9. The van der Waals surface area contributed by atoms with Crippen molar-refractivity contribution >= 4 is 5.97 Å². The Labute approximate surface area is 144 Å². The first-order valence-corrected chi connectivity index (χ1v) is 7.90. The highest BCUT2D eigenvalue weighted by molar-refractivity contribution is 5.73. The molecular formula is C19H18FN3O2. The van der Waals surface area contributed by atoms with Gasteiger partial charge < -0.3 is 10.4 Å². The largest absolute Gasteiger partial charge is 0.480 e. The second kappa shape index (κ2) is 7.27. The number of aliphatic carboxylic acids is 1. The van der Waals surface area contributed by atoms with Crippen LogP contribution >= 0.6 is 0 Å². The van der Waals surface area contributed by atoms with Crippen LogP contribution in [0.3, 0.4) is 0 Å². The Morgan fingerprint density at radius 3 is 2.52 bits per heavy atom. The maximum atomic E-state index is 13.2. The van der Waals surface area contributed by atoms with Crippen LogP contribution in [0.5, 0.6) is 0 Å². The molecule has 25 heavy (non-hydrogen) atoms. The first kappa shape index (κ1) is 16.9. The second-order valence-electron chi connectivity index (χ2n) is 5.73. The highest BCUT2D eigenvalue weighted by Crippen LogP contribution is 2.24. The van der Waals surface area contributed by atoms with E-state index in [1.165, 1.54) is 12.1 Å². The molecule has 0 aliphatic carbocycles. The van der Waals surface area contributed by atoms with Crippen LogP contribution in [0.15, 0.2) is 60.8 Å². The van der Waals surface area contributed by atoms with Gasteiger partial charge in [-0.1, -0.05) is 18.2 Å². The van der Waals surface area contributed by atoms with Gasteiger partial charge in [-0.15, -0.1) is 0 Å². The Bertz CT molecular complexity index is 860. The number of nitrogens with zero attached hydrogens (tertiary/aromatic N) is 2. The van der Waals surface area contributed by atoms with Crippen LogP contribution in [0.4, 0.5) is 4.39 Å². The zero-order valence-electron chi connectivity index (χ0n) is 13.7. The predicted octanol–water partition coefficient (Wildman–Crippen LogP) is 3.24. The molecule has 1 aromatic heterocycles. The van der Waals surface area contributed by atoms with E-state index < -0.39 is 12.0 Å². The fourth-order valence-electron chi connectivity index (χ4n) is 2.45. The molecule has 1 unspecified atom stereocenters. The lowest BCUT2D eigenvalue weighted by Gasteiger charge is -2.08. The Kier molecular flexibility index (Phi) is 4.90. The lowest BCUT2D eigenvalue weighted by Crippen LogP contribution is -2.33. The van der Waals surface area contributed by atoms with E-state index in [0.717, 1.165) is 16.8 Å². The third kappa shape index (κ3) is 3.92. The highest BCUT2D eigenvalue weighted by Gasteiger charge is 2.15. The van der Waals surface area contributed by atoms with Gasteiger partial charge in [-0.2, -0.15) is 5.10 Å². The van der Waals surface area contributed by atoms with Crippen molar-refractivity contribution in [2.45, 2.75) is 19.5 Å². The molecule has 128 valence electrons. The molecule has 0 aliphatic heterocycles. The smallest absolute Gasteiger partial charge is 0.320 e. The van der Waals surface area contributed by atoms with E-state index in [9.17, 15) is 9.18 Å². The molecule has 5 nitrogen and oxygen atoms in total. The van der Waals surface area contributed by atoms with Gasteiger partial charge in [0.05, 0.1) is 11.4 Å². The highest BCUT2D eigenvalue weighted by atomic mass is 19.1. The normalized spacial score (nSPS) is 12.1. The van der Waals surface area contributed by atoms with Crippen LogP contribution in [0.2, 0.25) is 0 Å². The number of carboxylic acids is 1. The summed E-state index contributed by atoms with van der Waals surface area (Å²) >= 11 is 0. The van der Waals surface area contributed by atoms with Gasteiger partial charge in [0, 0.05) is 23.9 Å². The molecule has 0 saturated heterocycles. The number of hydrogen-bond donors (Lipinski definition) is 2. The second-order valence-corrected chi connectivity index (χ2v) is 5.73. The van der Waals surface area contributed by atoms with Crippen LogP contribution in [0, 0.1) is 5.82 Å². The van der Waals surface area contributed by atoms with E-state index in [1.54, 1.807) is 23.7 Å². The van der Waals surface area contributed by atoms with Crippen molar-refractivity contribution in [3.8, 4) is 16.9 Å². The molecule has 2 N–H and O–H groups in total. The first-order chi connectivity index (χ1) is 12.0. The average Bonchev–Trinajstić information content (AvgIpc) is 3.05. The zero-order valence-corrected chi connectivity index (χ0v) is 13.7. The van der Waals surface area contributed by atoms with Crippen LogP contribution in [0.25, 0.3) is 16.9 Å². The Morgan fingerprint density at radius 2 is 1.88 bits per heavy atom. The molecule has 0 radical (unpaired) electrons. The van der Waals surface area contributed by atoms with Crippen LogP contribution in [0.1, 0.15) is 12.5 Å². The van der Waals surface area contributed by atoms with Gasteiger partial charge in [0.25, 0.3) is 0 Å². The van der Waals surface area contributed by atoms with Gasteiger partial charge in [-0.25, -0.2) is 9.07 Å². The molecule has 0 saturated carbocycles. The van der Waals surface area contributed by atoms with Crippen LogP contribution < -0.4 is 5.32 Å². The monoisotopic (exact) mass is 339 g/mol. The molecule has 1 atom stereocenters. The maximum absolute atomic E-state index is 13.2. The van der Waals surface area contributed by atoms with Crippen LogP contribution in [-0.4, -0.2) is 26.9 Å². The summed E-state index contributed by atoms with van der Waals surface area (Å²) in [5, 5.41) is 16.6. The van der Waals surface area contributed by atoms with Crippen molar-refractivity contribution in [2.75, 3.05) is 0 Å². The Balaban J connectivity index is 1.97. The molecule has 3 rings (SSSR count). The van der Waals surface area contributed by atoms with Gasteiger partial charge in [0.1, 0.15) is 11.9 Å². The quantitative estimate of drug-likeness (QED) is 0.723. The first-order valence-electron chi connectivity index (χ1n) is 7.90. The Morgan fingerprint density at radius 1 is 1.20 bits per heavy atom. The standard InChI is InChI=1S/C19H18FN3O2/c1-13(19(24)25)21-11-15-12-23(17-5-3-2-4-6-17)22-18(15)14-7-9-16(20)10-8-14/h2-10,12-13,21H,11H2,1H3,(H,24,25). The molecule has 6 heteroatoms. The number of benzene rings is 2. The molecule has 0 bridgehead atoms. The summed E-state index contributed by atoms with van der Waals surface area (Å²) in [5.41, 5.74) is 3.19. The molecule has 1 heterocycles. The molecular weight excluding hydrogens is 321 g/mol. The van der Waals surface area contributed by atoms with Gasteiger partial charge in [0.2, 0.25) is 0 Å². The fraction of sp³-hybridized carbons (Fsp3) is 0.158. The van der Waals surface area contributed by atoms with E-state index in [4.69, 9.17) is 5.11 Å². The SMILES string of the molecule is CC(NCc1cn(-c2ccccc2)nc1-c1ccc(F)cc1)C(=O)O. The van der Waals surface area contributed by atoms with Crippen molar-refractivity contribution in [1.29, 1.82) is 0 Å². The number of aromatic nitrogens is 2. The van der Waals surface area contributed by atoms with Gasteiger partial charge in [-0.3, -0.25) is 4.79 Å². The van der Waals surface area contributed by atoms with Crippen molar-refractivity contribution < 1.29 is 14.3 Å². The summed E-state index contributed by atoms with van der Waals surface area (Å²) in [5.74, 6) is -1.23. The minimum absolute atomic E-state index is 0.314. The van der Waals surface area contributed by atoms with E-state index in [0.29, 0.717) is 12.2 Å². The molecule has 0 fully saturated rings. The maximum Gasteiger partial charge on any atom is 0.320 e. The number of halogens is 1. The summed E-state index contributed by atoms with van der Waals surface area (Å²) in [6, 6.07) is 15.0. The van der Waals surface area contributed by atoms with Crippen molar-refractivity contribution in [3.05, 3.63) is 72.2 Å². The Hall–Kier alpha value is -2.99. The summed E-state index contributed by atoms with van der Waals surface area (Å²) in [4.78, 5) is 11.0. The summed E-state index contributed by atoms with van der Waals surface area (Å²) in [6.45, 7) is 1.93. The predicted molar refractivity (Wildman–Crippen MR) is 92.9 cm³/mol. The van der Waals surface area contributed by atoms with Crippen LogP contribution in [-0.2, 0) is 11.3 Å². The third-order valence-electron chi connectivity index (χ3n) is 3.90. The zero-order chi connectivity index (χ0) is 17.8. The molecule has 0 aliphatic rings. The number of para-hydroxylation sites is 1. The number of hydrogen-bond acceptors (Lipinski definition) is 3. The fourth-order valence-corrected chi connectivity index (χ4v) is 2.45. The van der Waals surface area contributed by atoms with E-state index in [-0.39, 0.29) is 5.82 Å². The van der Waals surface area contributed by atoms with Gasteiger partial charge in [0.15, 0.2) is 0 Å². The minimum Gasteiger partial charge on any atom is -0.480 e. The van der Waals surface area contributed by atoms with Crippen molar-refractivity contribution in [3.63, 3.8) is 0 Å². The summed E-state index contributed by atoms with van der Waals surface area (Å²) in [7, 11) is 0. The van der Waals surface area contributed by atoms with E-state index >= 15 is 0 Å². The number of nitrogens with one attached hydrogen (secondary N) is 1. The topological polar surface area (TPSA) is 67.2 Å². The van der Waals surface area contributed by atoms with Gasteiger partial charge in [-0.05, 0) is 43.3 Å². The third-order valence-corrected chi connectivity index (χ3v) is 3.90. The lowest BCUT2D eigenvalue weighted by molar-refractivity contribution is -0.139. The lowest BCUT2D eigenvalue weighted by atomic mass is 10.1. The summed E-state index contributed by atoms with van der Waals surface area (Å²) in [6.07, 6.45) is 1.86. The molecule has 0 spiro atoms. The number of rotatable bonds is 6.